The van der Waals surface area contributed by atoms with Crippen molar-refractivity contribution in [1.82, 2.24) is 10.7 Å². The summed E-state index contributed by atoms with van der Waals surface area (Å²) >= 11 is 5.20. The van der Waals surface area contributed by atoms with Crippen molar-refractivity contribution >= 4 is 41.1 Å². The number of nitrogens with zero attached hydrogens (tertiary/aromatic N) is 1. The number of unbranched alkanes of at least 4 members (excludes halogenated alkanes) is 2. The van der Waals surface area contributed by atoms with Crippen molar-refractivity contribution in [3.63, 3.8) is 0 Å². The first-order chi connectivity index (χ1) is 21.4. The SMILES string of the molecule is CCCCCNC(=S)N/N=C/c1cc2c(c(O)c1C(=O)O)-c1c(O)c3c(c(OC)c1CC2)C(=O)c1c(cc(O)c(C)c1O)C3=O. The number of aryl methyl sites for hydroxylation is 1. The number of aromatic hydroxyl groups is 4. The summed E-state index contributed by atoms with van der Waals surface area (Å²) in [6, 6.07) is 2.55. The molecule has 3 aromatic rings. The van der Waals surface area contributed by atoms with E-state index in [1.165, 1.54) is 26.3 Å². The molecule has 0 aliphatic heterocycles. The quantitative estimate of drug-likeness (QED) is 0.0637. The number of methoxy groups -OCH3 is 1. The Morgan fingerprint density at radius 3 is 2.38 bits per heavy atom. The monoisotopic (exact) mass is 633 g/mol. The molecule has 45 heavy (non-hydrogen) atoms. The maximum atomic E-state index is 13.8. The lowest BCUT2D eigenvalue weighted by molar-refractivity contribution is 0.0693. The second-order valence-corrected chi connectivity index (χ2v) is 11.2. The van der Waals surface area contributed by atoms with E-state index in [2.05, 4.69) is 22.8 Å². The number of thiocarbonyl (C=S) groups is 1. The van der Waals surface area contributed by atoms with Gasteiger partial charge in [-0.25, -0.2) is 4.79 Å². The lowest BCUT2D eigenvalue weighted by Crippen LogP contribution is -2.32. The van der Waals surface area contributed by atoms with Gasteiger partial charge < -0.3 is 35.6 Å². The third-order valence-corrected chi connectivity index (χ3v) is 8.38. The number of rotatable bonds is 8. The zero-order valence-electron chi connectivity index (χ0n) is 24.7. The van der Waals surface area contributed by atoms with Crippen LogP contribution in [-0.4, -0.2) is 68.1 Å². The summed E-state index contributed by atoms with van der Waals surface area (Å²) in [4.78, 5) is 39.9. The van der Waals surface area contributed by atoms with Crippen molar-refractivity contribution < 1.29 is 44.7 Å². The molecular weight excluding hydrogens is 602 g/mol. The fourth-order valence-electron chi connectivity index (χ4n) is 5.94. The topological polar surface area (TPSA) is 198 Å². The highest BCUT2D eigenvalue weighted by molar-refractivity contribution is 7.80. The van der Waals surface area contributed by atoms with Crippen molar-refractivity contribution in [2.75, 3.05) is 13.7 Å². The number of carboxylic acids is 1. The zero-order chi connectivity index (χ0) is 32.7. The Labute approximate surface area is 263 Å². The number of fused-ring (bicyclic) bond motifs is 5. The van der Waals surface area contributed by atoms with Crippen molar-refractivity contribution in [2.24, 2.45) is 5.10 Å². The van der Waals surface area contributed by atoms with Crippen molar-refractivity contribution in [1.29, 1.82) is 0 Å². The molecule has 0 aromatic heterocycles. The van der Waals surface area contributed by atoms with E-state index in [9.17, 15) is 39.9 Å². The highest BCUT2D eigenvalue weighted by Crippen LogP contribution is 2.54. The van der Waals surface area contributed by atoms with E-state index >= 15 is 0 Å². The van der Waals surface area contributed by atoms with Crippen LogP contribution in [0, 0.1) is 6.92 Å². The lowest BCUT2D eigenvalue weighted by Gasteiger charge is -2.30. The van der Waals surface area contributed by atoms with Crippen LogP contribution in [0.15, 0.2) is 17.2 Å². The molecule has 5 rings (SSSR count). The Morgan fingerprint density at radius 2 is 1.71 bits per heavy atom. The molecule has 0 radical (unpaired) electrons. The molecule has 2 aliphatic rings. The number of aromatic carboxylic acids is 1. The standard InChI is InChI=1S/C32H31N3O9S/c1-4-5-6-9-33-32(45)35-34-12-15-10-14-7-8-16-21(19(14)27(39)20(15)31(42)43)28(40)23-24(30(16)44-3)29(41)22-17(26(23)38)11-18(36)13(2)25(22)37/h10-12,36-37,39-40H,4-9H2,1-3H3,(H,42,43)(H2,33,35,45)/b34-12+. The van der Waals surface area contributed by atoms with Gasteiger partial charge in [-0.3, -0.25) is 15.0 Å². The summed E-state index contributed by atoms with van der Waals surface area (Å²) in [6.45, 7) is 4.11. The van der Waals surface area contributed by atoms with Gasteiger partial charge in [0.05, 0.1) is 30.0 Å². The predicted molar refractivity (Wildman–Crippen MR) is 168 cm³/mol. The molecule has 7 N–H and O–H groups in total. The van der Waals surface area contributed by atoms with Crippen LogP contribution in [0.1, 0.15) is 90.6 Å². The molecule has 0 bridgehead atoms. The van der Waals surface area contributed by atoms with E-state index in [-0.39, 0.29) is 68.2 Å². The Hall–Kier alpha value is -5.17. The molecule has 0 fully saturated rings. The summed E-state index contributed by atoms with van der Waals surface area (Å²) < 4.78 is 5.61. The van der Waals surface area contributed by atoms with E-state index in [0.717, 1.165) is 25.3 Å². The normalized spacial score (nSPS) is 13.1. The molecule has 2 aliphatic carbocycles. The smallest absolute Gasteiger partial charge is 0.340 e. The van der Waals surface area contributed by atoms with Gasteiger partial charge in [0, 0.05) is 39.9 Å². The van der Waals surface area contributed by atoms with Gasteiger partial charge >= 0.3 is 5.97 Å². The van der Waals surface area contributed by atoms with Crippen LogP contribution in [0.25, 0.3) is 11.1 Å². The fourth-order valence-corrected chi connectivity index (χ4v) is 6.10. The van der Waals surface area contributed by atoms with E-state index in [4.69, 9.17) is 17.0 Å². The molecular formula is C32H31N3O9S. The number of hydrogen-bond acceptors (Lipinski definition) is 10. The molecule has 0 amide bonds. The van der Waals surface area contributed by atoms with E-state index in [1.807, 2.05) is 0 Å². The van der Waals surface area contributed by atoms with E-state index in [1.54, 1.807) is 0 Å². The van der Waals surface area contributed by atoms with Gasteiger partial charge in [0.1, 0.15) is 34.3 Å². The maximum absolute atomic E-state index is 13.8. The van der Waals surface area contributed by atoms with Gasteiger partial charge in [-0.15, -0.1) is 0 Å². The van der Waals surface area contributed by atoms with Gasteiger partial charge in [-0.1, -0.05) is 19.8 Å². The van der Waals surface area contributed by atoms with Crippen molar-refractivity contribution in [3.05, 3.63) is 62.2 Å². The lowest BCUT2D eigenvalue weighted by atomic mass is 9.74. The Balaban J connectivity index is 1.65. The number of ketones is 2. The molecule has 0 heterocycles. The summed E-state index contributed by atoms with van der Waals surface area (Å²) in [5, 5.41) is 61.3. The molecule has 0 saturated heterocycles. The van der Waals surface area contributed by atoms with Gasteiger partial charge in [0.15, 0.2) is 10.9 Å². The molecule has 0 spiro atoms. The number of nitrogens with one attached hydrogen (secondary N) is 2. The Kier molecular flexibility index (Phi) is 8.39. The molecule has 0 unspecified atom stereocenters. The van der Waals surface area contributed by atoms with Crippen molar-refractivity contribution in [2.45, 2.75) is 46.0 Å². The van der Waals surface area contributed by atoms with Crippen LogP contribution in [0.5, 0.6) is 28.7 Å². The van der Waals surface area contributed by atoms with Crippen LogP contribution in [-0.2, 0) is 12.8 Å². The number of carboxylic acid groups (broad SMARTS) is 1. The van der Waals surface area contributed by atoms with Crippen molar-refractivity contribution in [3.8, 4) is 39.9 Å². The average Bonchev–Trinajstić information content (AvgIpc) is 3.00. The number of benzene rings is 3. The minimum Gasteiger partial charge on any atom is -0.508 e. The second-order valence-electron chi connectivity index (χ2n) is 10.8. The number of phenols is 4. The second kappa shape index (κ2) is 12.1. The number of hydrogen-bond donors (Lipinski definition) is 7. The highest BCUT2D eigenvalue weighted by Gasteiger charge is 2.42. The summed E-state index contributed by atoms with van der Waals surface area (Å²) in [5.41, 5.74) is 1.42. The van der Waals surface area contributed by atoms with Gasteiger partial charge in [-0.05, 0) is 56.1 Å². The number of carbonyl (C=O) groups is 3. The number of phenolic OH excluding ortho intramolecular Hbond substituents is 3. The molecule has 12 nitrogen and oxygen atoms in total. The Morgan fingerprint density at radius 1 is 0.978 bits per heavy atom. The largest absolute Gasteiger partial charge is 0.508 e. The van der Waals surface area contributed by atoms with Gasteiger partial charge in [0.2, 0.25) is 5.78 Å². The van der Waals surface area contributed by atoms with Crippen LogP contribution >= 0.6 is 12.2 Å². The maximum Gasteiger partial charge on any atom is 0.340 e. The van der Waals surface area contributed by atoms with E-state index < -0.39 is 51.7 Å². The molecule has 13 heteroatoms. The van der Waals surface area contributed by atoms with Crippen LogP contribution < -0.4 is 15.5 Å². The fraction of sp³-hybridized carbons (Fsp3) is 0.281. The highest BCUT2D eigenvalue weighted by atomic mass is 32.1. The van der Waals surface area contributed by atoms with Crippen LogP contribution in [0.4, 0.5) is 0 Å². The summed E-state index contributed by atoms with van der Waals surface area (Å²) in [6.07, 6.45) is 4.65. The van der Waals surface area contributed by atoms with Gasteiger partial charge in [-0.2, -0.15) is 5.10 Å². The average molecular weight is 634 g/mol. The first-order valence-electron chi connectivity index (χ1n) is 14.2. The third kappa shape index (κ3) is 5.08. The van der Waals surface area contributed by atoms with Crippen LogP contribution in [0.3, 0.4) is 0 Å². The number of carbonyl (C=O) groups excluding carboxylic acids is 2. The molecule has 3 aromatic carbocycles. The summed E-state index contributed by atoms with van der Waals surface area (Å²) in [5.74, 6) is -5.54. The van der Waals surface area contributed by atoms with E-state index in [0.29, 0.717) is 12.1 Å². The predicted octanol–water partition coefficient (Wildman–Crippen LogP) is 4.05. The molecule has 234 valence electrons. The number of ether oxygens (including phenoxy) is 1. The number of hydrazone groups is 1. The first kappa shape index (κ1) is 31.3. The zero-order valence-corrected chi connectivity index (χ0v) is 25.5. The van der Waals surface area contributed by atoms with Gasteiger partial charge in [0.25, 0.3) is 0 Å². The molecule has 0 atom stereocenters. The minimum atomic E-state index is -1.48. The summed E-state index contributed by atoms with van der Waals surface area (Å²) in [7, 11) is 1.27. The third-order valence-electron chi connectivity index (χ3n) is 8.14. The Bertz CT molecular complexity index is 1850. The minimum absolute atomic E-state index is 0.000785. The van der Waals surface area contributed by atoms with Crippen LogP contribution in [0.2, 0.25) is 0 Å². The molecule has 0 saturated carbocycles. The first-order valence-corrected chi connectivity index (χ1v) is 14.6.